The van der Waals surface area contributed by atoms with Crippen molar-refractivity contribution in [3.05, 3.63) is 64.1 Å². The maximum Gasteiger partial charge on any atom is 0.122 e. The summed E-state index contributed by atoms with van der Waals surface area (Å²) >= 11 is 3.46. The molecule has 0 saturated heterocycles. The molecule has 3 heteroatoms. The van der Waals surface area contributed by atoms with E-state index in [0.717, 1.165) is 21.3 Å². The van der Waals surface area contributed by atoms with Crippen LogP contribution in [0.3, 0.4) is 0 Å². The Bertz CT molecular complexity index is 583. The molecule has 0 heterocycles. The molecule has 2 aromatic rings. The largest absolute Gasteiger partial charge is 0.496 e. The summed E-state index contributed by atoms with van der Waals surface area (Å²) in [7, 11) is 1.66. The number of methoxy groups -OCH3 is 1. The summed E-state index contributed by atoms with van der Waals surface area (Å²) in [6.45, 7) is 2.00. The number of halogens is 1. The molecule has 0 radical (unpaired) electrons. The lowest BCUT2D eigenvalue weighted by Crippen LogP contribution is -2.27. The highest BCUT2D eigenvalue weighted by Gasteiger charge is 2.28. The van der Waals surface area contributed by atoms with Crippen LogP contribution < -0.4 is 4.74 Å². The Morgan fingerprint density at radius 3 is 2.55 bits per heavy atom. The van der Waals surface area contributed by atoms with Gasteiger partial charge in [0.15, 0.2) is 0 Å². The zero-order chi connectivity index (χ0) is 14.6. The van der Waals surface area contributed by atoms with Gasteiger partial charge in [-0.1, -0.05) is 53.2 Å². The Hall–Kier alpha value is -1.32. The van der Waals surface area contributed by atoms with Gasteiger partial charge in [-0.2, -0.15) is 0 Å². The van der Waals surface area contributed by atoms with Gasteiger partial charge >= 0.3 is 0 Å². The molecule has 0 amide bonds. The summed E-state index contributed by atoms with van der Waals surface area (Å²) < 4.78 is 6.35. The summed E-state index contributed by atoms with van der Waals surface area (Å²) in [5.74, 6) is 0.814. The molecule has 0 bridgehead atoms. The number of para-hydroxylation sites is 1. The van der Waals surface area contributed by atoms with Gasteiger partial charge in [-0.25, -0.2) is 0 Å². The molecular weight excluding hydrogens is 316 g/mol. The van der Waals surface area contributed by atoms with E-state index in [-0.39, 0.29) is 0 Å². The molecule has 0 fully saturated rings. The quantitative estimate of drug-likeness (QED) is 0.883. The van der Waals surface area contributed by atoms with Crippen molar-refractivity contribution >= 4 is 15.9 Å². The van der Waals surface area contributed by atoms with Crippen LogP contribution in [0.1, 0.15) is 24.5 Å². The zero-order valence-corrected chi connectivity index (χ0v) is 13.4. The molecule has 0 aromatic heterocycles. The molecule has 1 N–H and O–H groups in total. The lowest BCUT2D eigenvalue weighted by molar-refractivity contribution is 0.0321. The van der Waals surface area contributed by atoms with Crippen molar-refractivity contribution in [2.24, 2.45) is 0 Å². The number of hydrogen-bond donors (Lipinski definition) is 1. The van der Waals surface area contributed by atoms with Crippen LogP contribution in [0.5, 0.6) is 5.75 Å². The Morgan fingerprint density at radius 2 is 1.90 bits per heavy atom. The average molecular weight is 335 g/mol. The smallest absolute Gasteiger partial charge is 0.122 e. The zero-order valence-electron chi connectivity index (χ0n) is 11.8. The molecule has 2 aromatic carbocycles. The minimum atomic E-state index is -0.890. The van der Waals surface area contributed by atoms with Gasteiger partial charge in [-0.3, -0.25) is 0 Å². The van der Waals surface area contributed by atoms with E-state index >= 15 is 0 Å². The fourth-order valence-corrected chi connectivity index (χ4v) is 2.77. The first-order valence-corrected chi connectivity index (χ1v) is 7.48. The molecule has 2 nitrogen and oxygen atoms in total. The van der Waals surface area contributed by atoms with E-state index in [1.807, 2.05) is 55.5 Å². The van der Waals surface area contributed by atoms with Gasteiger partial charge in [0.25, 0.3) is 0 Å². The second-order valence-corrected chi connectivity index (χ2v) is 5.80. The van der Waals surface area contributed by atoms with Gasteiger partial charge in [0.2, 0.25) is 0 Å². The molecule has 0 aliphatic heterocycles. The third-order valence-electron chi connectivity index (χ3n) is 3.62. The number of ether oxygens (including phenoxy) is 1. The lowest BCUT2D eigenvalue weighted by atomic mass is 9.85. The lowest BCUT2D eigenvalue weighted by Gasteiger charge is -2.28. The maximum absolute atomic E-state index is 11.0. The van der Waals surface area contributed by atoms with E-state index in [4.69, 9.17) is 4.74 Å². The topological polar surface area (TPSA) is 29.5 Å². The Labute approximate surface area is 128 Å². The second kappa shape index (κ2) is 6.42. The average Bonchev–Trinajstić information content (AvgIpc) is 2.47. The third kappa shape index (κ3) is 3.22. The summed E-state index contributed by atoms with van der Waals surface area (Å²) in [5, 5.41) is 11.0. The third-order valence-corrected chi connectivity index (χ3v) is 4.12. The summed E-state index contributed by atoms with van der Waals surface area (Å²) in [6.07, 6.45) is 1.17. The van der Waals surface area contributed by atoms with Crippen LogP contribution >= 0.6 is 15.9 Å². The minimum Gasteiger partial charge on any atom is -0.496 e. The van der Waals surface area contributed by atoms with Crippen LogP contribution in [-0.2, 0) is 12.0 Å². The van der Waals surface area contributed by atoms with E-state index in [1.165, 1.54) is 0 Å². The molecule has 2 rings (SSSR count). The van der Waals surface area contributed by atoms with Crippen molar-refractivity contribution in [2.45, 2.75) is 25.4 Å². The number of hydrogen-bond acceptors (Lipinski definition) is 2. The van der Waals surface area contributed by atoms with Crippen LogP contribution in [0.15, 0.2) is 53.0 Å². The van der Waals surface area contributed by atoms with Crippen molar-refractivity contribution in [3.63, 3.8) is 0 Å². The molecule has 0 aliphatic carbocycles. The van der Waals surface area contributed by atoms with E-state index < -0.39 is 5.60 Å². The predicted octanol–water partition coefficient (Wildman–Crippen LogP) is 4.30. The Morgan fingerprint density at radius 1 is 1.15 bits per heavy atom. The normalized spacial score (nSPS) is 13.8. The van der Waals surface area contributed by atoms with Gasteiger partial charge in [-0.05, 0) is 35.7 Å². The Balaban J connectivity index is 2.36. The van der Waals surface area contributed by atoms with Crippen molar-refractivity contribution in [1.29, 1.82) is 0 Å². The first kappa shape index (κ1) is 15.1. The van der Waals surface area contributed by atoms with E-state index in [9.17, 15) is 5.11 Å². The maximum atomic E-state index is 11.0. The summed E-state index contributed by atoms with van der Waals surface area (Å²) in [4.78, 5) is 0. The second-order valence-electron chi connectivity index (χ2n) is 4.88. The SMILES string of the molecule is CCC(O)(Cc1ccccc1OC)c1cccc(Br)c1. The molecule has 0 spiro atoms. The standard InChI is InChI=1S/C17H19BrO2/c1-3-17(19,14-8-6-9-15(18)11-14)12-13-7-4-5-10-16(13)20-2/h4-11,19H,3,12H2,1-2H3. The van der Waals surface area contributed by atoms with E-state index in [2.05, 4.69) is 15.9 Å². The van der Waals surface area contributed by atoms with E-state index in [1.54, 1.807) is 7.11 Å². The van der Waals surface area contributed by atoms with Crippen molar-refractivity contribution in [3.8, 4) is 5.75 Å². The first-order valence-electron chi connectivity index (χ1n) is 6.69. The van der Waals surface area contributed by atoms with Crippen LogP contribution in [-0.4, -0.2) is 12.2 Å². The van der Waals surface area contributed by atoms with Crippen molar-refractivity contribution < 1.29 is 9.84 Å². The van der Waals surface area contributed by atoms with Crippen LogP contribution in [0.4, 0.5) is 0 Å². The summed E-state index contributed by atoms with van der Waals surface area (Å²) in [5.41, 5.74) is 1.04. The molecule has 106 valence electrons. The van der Waals surface area contributed by atoms with Gasteiger partial charge in [0.05, 0.1) is 12.7 Å². The van der Waals surface area contributed by atoms with Gasteiger partial charge in [0, 0.05) is 10.9 Å². The highest BCUT2D eigenvalue weighted by molar-refractivity contribution is 9.10. The van der Waals surface area contributed by atoms with Gasteiger partial charge in [-0.15, -0.1) is 0 Å². The molecule has 0 saturated carbocycles. The molecular formula is C17H19BrO2. The Kier molecular flexibility index (Phi) is 4.84. The van der Waals surface area contributed by atoms with Crippen molar-refractivity contribution in [1.82, 2.24) is 0 Å². The van der Waals surface area contributed by atoms with Gasteiger partial charge in [0.1, 0.15) is 5.75 Å². The van der Waals surface area contributed by atoms with Crippen LogP contribution in [0.2, 0.25) is 0 Å². The number of aliphatic hydroxyl groups is 1. The van der Waals surface area contributed by atoms with Crippen molar-refractivity contribution in [2.75, 3.05) is 7.11 Å². The molecule has 1 unspecified atom stereocenters. The van der Waals surface area contributed by atoms with Crippen LogP contribution in [0, 0.1) is 0 Å². The monoisotopic (exact) mass is 334 g/mol. The fourth-order valence-electron chi connectivity index (χ4n) is 2.37. The fraction of sp³-hybridized carbons (Fsp3) is 0.294. The number of benzene rings is 2. The molecule has 0 aliphatic rings. The van der Waals surface area contributed by atoms with Gasteiger partial charge < -0.3 is 9.84 Å². The highest BCUT2D eigenvalue weighted by Crippen LogP contribution is 2.33. The summed E-state index contributed by atoms with van der Waals surface area (Å²) in [6, 6.07) is 15.7. The molecule has 20 heavy (non-hydrogen) atoms. The van der Waals surface area contributed by atoms with E-state index in [0.29, 0.717) is 12.8 Å². The first-order chi connectivity index (χ1) is 9.59. The predicted molar refractivity (Wildman–Crippen MR) is 85.0 cm³/mol. The number of rotatable bonds is 5. The minimum absolute atomic E-state index is 0.532. The van der Waals surface area contributed by atoms with Crippen LogP contribution in [0.25, 0.3) is 0 Å². The highest BCUT2D eigenvalue weighted by atomic mass is 79.9. The molecule has 1 atom stereocenters.